The number of rotatable bonds is 4. The van der Waals surface area contributed by atoms with Crippen LogP contribution >= 0.6 is 0 Å². The number of nitro groups is 1. The number of aryl methyl sites for hydroxylation is 1. The van der Waals surface area contributed by atoms with Gasteiger partial charge in [-0.25, -0.2) is 4.98 Å². The third-order valence-electron chi connectivity index (χ3n) is 1.73. The van der Waals surface area contributed by atoms with E-state index < -0.39 is 4.92 Å². The molecule has 0 saturated carbocycles. The summed E-state index contributed by atoms with van der Waals surface area (Å²) in [5.74, 6) is 0.445. The summed E-state index contributed by atoms with van der Waals surface area (Å²) in [6, 6.07) is 2.85. The van der Waals surface area contributed by atoms with Gasteiger partial charge in [0.15, 0.2) is 0 Å². The molecule has 0 aliphatic rings. The highest BCUT2D eigenvalue weighted by molar-refractivity contribution is 5.45. The smallest absolute Gasteiger partial charge is 0.290 e. The van der Waals surface area contributed by atoms with Crippen molar-refractivity contribution in [2.75, 3.05) is 11.9 Å². The first-order valence-corrected chi connectivity index (χ1v) is 4.23. The molecule has 0 bridgehead atoms. The van der Waals surface area contributed by atoms with Gasteiger partial charge in [0.25, 0.3) is 5.69 Å². The Kier molecular flexibility index (Phi) is 3.22. The normalized spacial score (nSPS) is 9.67. The lowest BCUT2D eigenvalue weighted by atomic mass is 10.3. The van der Waals surface area contributed by atoms with Crippen LogP contribution in [0.3, 0.4) is 0 Å². The van der Waals surface area contributed by atoms with E-state index in [1.165, 1.54) is 12.1 Å². The number of hydrogen-bond donors (Lipinski definition) is 2. The second-order valence-corrected chi connectivity index (χ2v) is 2.98. The van der Waals surface area contributed by atoms with Crippen molar-refractivity contribution in [1.29, 1.82) is 0 Å². The van der Waals surface area contributed by atoms with Crippen LogP contribution in [0.5, 0.6) is 0 Å². The number of nitrogens with zero attached hydrogens (tertiary/aromatic N) is 2. The fraction of sp³-hybridized carbons (Fsp3) is 0.222. The first-order valence-electron chi connectivity index (χ1n) is 4.23. The number of pyridine rings is 1. The molecule has 1 rings (SSSR count). The lowest BCUT2D eigenvalue weighted by Gasteiger charge is -2.04. The van der Waals surface area contributed by atoms with Gasteiger partial charge in [0.2, 0.25) is 0 Å². The molecular formula is C9H11N3O3. The Balaban J connectivity index is 2.82. The Bertz CT molecular complexity index is 404. The van der Waals surface area contributed by atoms with Gasteiger partial charge >= 0.3 is 0 Å². The van der Waals surface area contributed by atoms with Crippen LogP contribution in [-0.4, -0.2) is 21.6 Å². The minimum Gasteiger partial charge on any atom is -0.511 e. The molecule has 0 unspecified atom stereocenters. The van der Waals surface area contributed by atoms with E-state index in [2.05, 4.69) is 16.9 Å². The summed E-state index contributed by atoms with van der Waals surface area (Å²) >= 11 is 0. The lowest BCUT2D eigenvalue weighted by Crippen LogP contribution is -2.06. The SMILES string of the molecule is C=C(O)CNc1ccc([N+](=O)[O-])c(C)n1. The molecule has 1 aromatic rings. The molecule has 0 radical (unpaired) electrons. The molecule has 6 nitrogen and oxygen atoms in total. The molecule has 1 aromatic heterocycles. The summed E-state index contributed by atoms with van der Waals surface area (Å²) in [5, 5.41) is 22.1. The third kappa shape index (κ3) is 2.94. The van der Waals surface area contributed by atoms with Crippen molar-refractivity contribution < 1.29 is 10.0 Å². The lowest BCUT2D eigenvalue weighted by molar-refractivity contribution is -0.385. The standard InChI is InChI=1S/C9H11N3O3/c1-6(13)5-10-9-4-3-8(12(14)15)7(2)11-9/h3-4,13H,1,5H2,2H3,(H,10,11). The molecule has 0 amide bonds. The van der Waals surface area contributed by atoms with Crippen LogP contribution in [-0.2, 0) is 0 Å². The summed E-state index contributed by atoms with van der Waals surface area (Å²) in [6.45, 7) is 5.02. The third-order valence-corrected chi connectivity index (χ3v) is 1.73. The molecule has 0 atom stereocenters. The minimum absolute atomic E-state index is 0.0206. The van der Waals surface area contributed by atoms with E-state index in [0.29, 0.717) is 11.5 Å². The van der Waals surface area contributed by atoms with Crippen LogP contribution in [0.1, 0.15) is 5.69 Å². The Morgan fingerprint density at radius 1 is 1.73 bits per heavy atom. The average molecular weight is 209 g/mol. The quantitative estimate of drug-likeness (QED) is 0.448. The molecule has 0 saturated heterocycles. The fourth-order valence-corrected chi connectivity index (χ4v) is 1.04. The molecule has 2 N–H and O–H groups in total. The average Bonchev–Trinajstić information content (AvgIpc) is 2.14. The monoisotopic (exact) mass is 209 g/mol. The second-order valence-electron chi connectivity index (χ2n) is 2.98. The van der Waals surface area contributed by atoms with Gasteiger partial charge in [0.1, 0.15) is 17.3 Å². The molecule has 6 heteroatoms. The van der Waals surface area contributed by atoms with E-state index in [1.807, 2.05) is 0 Å². The Labute approximate surface area is 86.4 Å². The molecule has 0 aliphatic carbocycles. The van der Waals surface area contributed by atoms with Crippen LogP contribution in [0.4, 0.5) is 11.5 Å². The fourth-order valence-electron chi connectivity index (χ4n) is 1.04. The van der Waals surface area contributed by atoms with E-state index >= 15 is 0 Å². The van der Waals surface area contributed by atoms with Gasteiger partial charge in [-0.2, -0.15) is 0 Å². The van der Waals surface area contributed by atoms with Crippen LogP contribution in [0.25, 0.3) is 0 Å². The van der Waals surface area contributed by atoms with Gasteiger partial charge in [-0.3, -0.25) is 10.1 Å². The van der Waals surface area contributed by atoms with Crippen LogP contribution in [0, 0.1) is 17.0 Å². The van der Waals surface area contributed by atoms with Crippen molar-refractivity contribution in [1.82, 2.24) is 4.98 Å². The van der Waals surface area contributed by atoms with Crippen LogP contribution in [0.15, 0.2) is 24.5 Å². The zero-order valence-corrected chi connectivity index (χ0v) is 8.23. The number of aliphatic hydroxyl groups is 1. The number of aliphatic hydroxyl groups excluding tert-OH is 1. The number of anilines is 1. The zero-order chi connectivity index (χ0) is 11.4. The maximum atomic E-state index is 10.5. The zero-order valence-electron chi connectivity index (χ0n) is 8.23. The van der Waals surface area contributed by atoms with E-state index in [1.54, 1.807) is 6.92 Å². The molecule has 1 heterocycles. The van der Waals surface area contributed by atoms with E-state index in [4.69, 9.17) is 5.11 Å². The molecular weight excluding hydrogens is 198 g/mol. The topological polar surface area (TPSA) is 88.3 Å². The molecule has 0 fully saturated rings. The highest BCUT2D eigenvalue weighted by atomic mass is 16.6. The maximum Gasteiger partial charge on any atom is 0.290 e. The van der Waals surface area contributed by atoms with Gasteiger partial charge in [-0.05, 0) is 13.0 Å². The predicted octanol–water partition coefficient (Wildman–Crippen LogP) is 1.78. The Morgan fingerprint density at radius 2 is 2.40 bits per heavy atom. The van der Waals surface area contributed by atoms with Crippen molar-refractivity contribution in [3.63, 3.8) is 0 Å². The molecule has 0 aliphatic heterocycles. The van der Waals surface area contributed by atoms with E-state index in [0.717, 1.165) is 0 Å². The van der Waals surface area contributed by atoms with Gasteiger partial charge in [0, 0.05) is 6.07 Å². The highest BCUT2D eigenvalue weighted by Crippen LogP contribution is 2.17. The van der Waals surface area contributed by atoms with Crippen molar-refractivity contribution >= 4 is 11.5 Å². The van der Waals surface area contributed by atoms with E-state index in [-0.39, 0.29) is 18.0 Å². The summed E-state index contributed by atoms with van der Waals surface area (Å²) in [5.41, 5.74) is 0.303. The first kappa shape index (κ1) is 11.0. The van der Waals surface area contributed by atoms with Gasteiger partial charge < -0.3 is 10.4 Å². The van der Waals surface area contributed by atoms with Crippen molar-refractivity contribution in [3.8, 4) is 0 Å². The summed E-state index contributed by atoms with van der Waals surface area (Å²) in [7, 11) is 0. The minimum atomic E-state index is -0.489. The maximum absolute atomic E-state index is 10.5. The van der Waals surface area contributed by atoms with Gasteiger partial charge in [-0.1, -0.05) is 6.58 Å². The summed E-state index contributed by atoms with van der Waals surface area (Å²) < 4.78 is 0. The van der Waals surface area contributed by atoms with E-state index in [9.17, 15) is 10.1 Å². The van der Waals surface area contributed by atoms with Crippen molar-refractivity contribution in [2.45, 2.75) is 6.92 Å². The van der Waals surface area contributed by atoms with Gasteiger partial charge in [0.05, 0.1) is 11.5 Å². The second kappa shape index (κ2) is 4.41. The van der Waals surface area contributed by atoms with Crippen molar-refractivity contribution in [3.05, 3.63) is 40.3 Å². The highest BCUT2D eigenvalue weighted by Gasteiger charge is 2.11. The first-order chi connectivity index (χ1) is 7.00. The van der Waals surface area contributed by atoms with Crippen LogP contribution < -0.4 is 5.32 Å². The number of nitrogens with one attached hydrogen (secondary N) is 1. The van der Waals surface area contributed by atoms with Crippen molar-refractivity contribution in [2.24, 2.45) is 0 Å². The van der Waals surface area contributed by atoms with Gasteiger partial charge in [-0.15, -0.1) is 0 Å². The molecule has 15 heavy (non-hydrogen) atoms. The molecule has 80 valence electrons. The number of hydrogen-bond acceptors (Lipinski definition) is 5. The Hall–Kier alpha value is -2.11. The predicted molar refractivity (Wildman–Crippen MR) is 55.9 cm³/mol. The summed E-state index contributed by atoms with van der Waals surface area (Å²) in [6.07, 6.45) is 0. The summed E-state index contributed by atoms with van der Waals surface area (Å²) in [4.78, 5) is 14.0. The number of aromatic nitrogens is 1. The van der Waals surface area contributed by atoms with Crippen LogP contribution in [0.2, 0.25) is 0 Å². The molecule has 0 aromatic carbocycles. The molecule has 0 spiro atoms. The largest absolute Gasteiger partial charge is 0.511 e. The Morgan fingerprint density at radius 3 is 2.87 bits per heavy atom.